The van der Waals surface area contributed by atoms with Gasteiger partial charge in [-0.05, 0) is 160 Å². The highest BCUT2D eigenvalue weighted by molar-refractivity contribution is 6.21. The van der Waals surface area contributed by atoms with E-state index in [4.69, 9.17) is 0 Å². The van der Waals surface area contributed by atoms with Crippen molar-refractivity contribution in [1.29, 1.82) is 0 Å². The van der Waals surface area contributed by atoms with Crippen LogP contribution in [-0.4, -0.2) is 6.67 Å². The molecule has 0 amide bonds. The first-order valence-corrected chi connectivity index (χ1v) is 29.9. The zero-order valence-corrected chi connectivity index (χ0v) is 50.5. The van der Waals surface area contributed by atoms with Crippen molar-refractivity contribution in [3.63, 3.8) is 0 Å². The second-order valence-electron chi connectivity index (χ2n) is 23.0. The van der Waals surface area contributed by atoms with Gasteiger partial charge in [0.1, 0.15) is 6.67 Å². The van der Waals surface area contributed by atoms with E-state index in [1.165, 1.54) is 145 Å². The molecule has 4 atom stereocenters. The fourth-order valence-electron chi connectivity index (χ4n) is 13.3. The van der Waals surface area contributed by atoms with E-state index in [1.807, 2.05) is 0 Å². The minimum Gasteiger partial charge on any atom is -0.320 e. The largest absolute Gasteiger partial charge is 0.320 e. The van der Waals surface area contributed by atoms with E-state index in [-0.39, 0.29) is 36.1 Å². The second-order valence-corrected chi connectivity index (χ2v) is 23.0. The number of anilines is 2. The number of rotatable bonds is 18. The molecular weight excluding hydrogens is 964 g/mol. The van der Waals surface area contributed by atoms with Crippen LogP contribution in [-0.2, 0) is 51.4 Å². The molecule has 2 nitrogen and oxygen atoms in total. The molecule has 4 unspecified atom stereocenters. The zero-order chi connectivity index (χ0) is 54.4. The topological polar surface area (TPSA) is 6.48 Å². The van der Waals surface area contributed by atoms with E-state index >= 15 is 0 Å². The van der Waals surface area contributed by atoms with Crippen LogP contribution >= 0.6 is 12.4 Å². The molecule has 0 saturated carbocycles. The molecule has 2 aliphatic rings. The van der Waals surface area contributed by atoms with Crippen molar-refractivity contribution >= 4 is 45.9 Å². The molecule has 0 spiro atoms. The van der Waals surface area contributed by atoms with E-state index < -0.39 is 0 Å². The van der Waals surface area contributed by atoms with Crippen molar-refractivity contribution in [2.75, 3.05) is 16.5 Å². The summed E-state index contributed by atoms with van der Waals surface area (Å²) in [6.45, 7) is 33.8. The third kappa shape index (κ3) is 10.4. The minimum atomic E-state index is 0. The first-order chi connectivity index (χ1) is 37.2. The lowest BCUT2D eigenvalue weighted by Crippen LogP contribution is -2.32. The molecule has 8 aromatic carbocycles. The Balaban J connectivity index is 0.00000740. The van der Waals surface area contributed by atoms with E-state index in [0.717, 1.165) is 51.4 Å². The van der Waals surface area contributed by atoms with Crippen molar-refractivity contribution in [3.05, 3.63) is 245 Å². The van der Waals surface area contributed by atoms with Gasteiger partial charge in [0.25, 0.3) is 0 Å². The molecule has 1 aliphatic heterocycles. The lowest BCUT2D eigenvalue weighted by atomic mass is 9.81. The Morgan fingerprint density at radius 3 is 0.821 bits per heavy atom. The highest BCUT2D eigenvalue weighted by Gasteiger charge is 2.43. The number of hydrogen-bond acceptors (Lipinski definition) is 2. The molecule has 404 valence electrons. The lowest BCUT2D eigenvalue weighted by Gasteiger charge is -2.36. The van der Waals surface area contributed by atoms with Gasteiger partial charge in [-0.15, -0.1) is 12.4 Å². The van der Waals surface area contributed by atoms with Crippen LogP contribution in [0.3, 0.4) is 0 Å². The van der Waals surface area contributed by atoms with Crippen LogP contribution in [0.25, 0.3) is 22.2 Å². The summed E-state index contributed by atoms with van der Waals surface area (Å²) in [5, 5.41) is 2.66. The van der Waals surface area contributed by atoms with E-state index in [2.05, 4.69) is 240 Å². The molecule has 3 heteroatoms. The first kappa shape index (κ1) is 56.4. The fourth-order valence-corrected chi connectivity index (χ4v) is 13.3. The highest BCUT2D eigenvalue weighted by atomic mass is 35.5. The van der Waals surface area contributed by atoms with Gasteiger partial charge in [-0.1, -0.05) is 228 Å². The van der Waals surface area contributed by atoms with Crippen LogP contribution < -0.4 is 9.80 Å². The molecule has 1 aliphatic carbocycles. The zero-order valence-electron chi connectivity index (χ0n) is 49.7. The Bertz CT molecular complexity index is 3070. The molecule has 8 aromatic rings. The van der Waals surface area contributed by atoms with Gasteiger partial charge in [0, 0.05) is 40.2 Å². The third-order valence-electron chi connectivity index (χ3n) is 18.1. The molecule has 0 bridgehead atoms. The Hall–Kier alpha value is -6.35. The summed E-state index contributed by atoms with van der Waals surface area (Å²) < 4.78 is 0. The lowest BCUT2D eigenvalue weighted by molar-refractivity contribution is 0.836. The molecule has 0 N–H and O–H groups in total. The monoisotopic (exact) mass is 1050 g/mol. The normalized spacial score (nSPS) is 14.5. The number of hydrogen-bond donors (Lipinski definition) is 0. The van der Waals surface area contributed by atoms with Gasteiger partial charge in [-0.2, -0.15) is 0 Å². The molecule has 0 aromatic heterocycles. The van der Waals surface area contributed by atoms with Gasteiger partial charge in [-0.25, -0.2) is 0 Å². The fraction of sp³-hybridized carbons (Fsp3) is 0.360. The molecule has 0 radical (unpaired) electrons. The molecule has 1 heterocycles. The maximum Gasteiger partial charge on any atom is 0.100 e. The molecule has 78 heavy (non-hydrogen) atoms. The van der Waals surface area contributed by atoms with Crippen molar-refractivity contribution in [2.45, 2.75) is 172 Å². The predicted octanol–water partition coefficient (Wildman–Crippen LogP) is 20.1. The number of nitrogens with zero attached hydrogens (tertiary/aromatic N) is 2. The van der Waals surface area contributed by atoms with Gasteiger partial charge in [0.2, 0.25) is 0 Å². The molecule has 0 fully saturated rings. The minimum absolute atomic E-state index is 0. The van der Waals surface area contributed by atoms with E-state index in [0.29, 0.717) is 6.67 Å². The quantitative estimate of drug-likeness (QED) is 0.0845. The Kier molecular flexibility index (Phi) is 17.0. The van der Waals surface area contributed by atoms with Crippen LogP contribution in [0, 0.1) is 13.8 Å². The number of fused-ring (bicyclic) bond motifs is 2. The van der Waals surface area contributed by atoms with E-state index in [1.54, 1.807) is 0 Å². The average Bonchev–Trinajstić information content (AvgIpc) is 4.25. The van der Waals surface area contributed by atoms with Gasteiger partial charge in [0.05, 0.1) is 22.8 Å². The maximum absolute atomic E-state index is 2.82. The number of benzene rings is 8. The Morgan fingerprint density at radius 2 is 0.590 bits per heavy atom. The van der Waals surface area contributed by atoms with Crippen LogP contribution in [0.2, 0.25) is 0 Å². The summed E-state index contributed by atoms with van der Waals surface area (Å²) in [4.78, 5) is 5.64. The van der Waals surface area contributed by atoms with Gasteiger partial charge < -0.3 is 9.80 Å². The summed E-state index contributed by atoms with van der Waals surface area (Å²) in [6, 6.07) is 54.1. The smallest absolute Gasteiger partial charge is 0.100 e. The summed E-state index contributed by atoms with van der Waals surface area (Å²) in [5.74, 6) is 0.560. The standard InChI is InChI=1S/C75H86N2.ClH/c1-15-52-33-53(16-2)38-61(37-52)48(11)67-29-46(9)30-68(49(12)62-39-54(17-3)34-55(18-4)40-62)72(67)76-45-77(75-66-28-24-26-60-25-23-27-65(71(60)66)74(75)76)73-69(50(13)63-41-56(19-5)35-57(20-6)42-63)31-47(10)32-70(73)51(14)64-43-58(21-7)36-59(22-8)44-64;/h23-44,48-51H,15-22,45H2,1-14H3;1H. The average molecular weight is 1050 g/mol. The number of aryl methyl sites for hydroxylation is 10. The summed E-state index contributed by atoms with van der Waals surface area (Å²) in [7, 11) is 0. The molecule has 0 saturated heterocycles. The second kappa shape index (κ2) is 23.5. The third-order valence-corrected chi connectivity index (χ3v) is 18.1. The van der Waals surface area contributed by atoms with Crippen LogP contribution in [0.4, 0.5) is 11.4 Å². The van der Waals surface area contributed by atoms with Crippen molar-refractivity contribution in [1.82, 2.24) is 0 Å². The predicted molar refractivity (Wildman–Crippen MR) is 341 cm³/mol. The van der Waals surface area contributed by atoms with Crippen LogP contribution in [0.1, 0.15) is 218 Å². The van der Waals surface area contributed by atoms with Gasteiger partial charge in [-0.3, -0.25) is 0 Å². The molecule has 10 rings (SSSR count). The first-order valence-electron chi connectivity index (χ1n) is 29.9. The summed E-state index contributed by atoms with van der Waals surface area (Å²) >= 11 is 0. The van der Waals surface area contributed by atoms with Crippen molar-refractivity contribution in [3.8, 4) is 0 Å². The van der Waals surface area contributed by atoms with Crippen LogP contribution in [0.15, 0.2) is 133 Å². The van der Waals surface area contributed by atoms with E-state index in [9.17, 15) is 0 Å². The Labute approximate surface area is 476 Å². The summed E-state index contributed by atoms with van der Waals surface area (Å²) in [6.07, 6.45) is 8.16. The van der Waals surface area contributed by atoms with Crippen molar-refractivity contribution < 1.29 is 0 Å². The molecular formula is C75H87ClN2. The number of halogens is 1. The van der Waals surface area contributed by atoms with Crippen molar-refractivity contribution in [2.24, 2.45) is 0 Å². The maximum atomic E-state index is 2.82. The SMILES string of the molecule is CCc1cc(CC)cc(C(C)c2cc(C)cc(C(C)c3cc(CC)cc(CC)c3)c2N2CN(c3c(C(C)c4cc(CC)cc(CC)c4)cc(C)cc3C(C)c3cc(CC)cc(CC)c3)C3=C2c2cccc4cccc3c24)c1.Cl. The Morgan fingerprint density at radius 1 is 0.346 bits per heavy atom. The van der Waals surface area contributed by atoms with Gasteiger partial charge >= 0.3 is 0 Å². The van der Waals surface area contributed by atoms with Crippen LogP contribution in [0.5, 0.6) is 0 Å². The highest BCUT2D eigenvalue weighted by Crippen LogP contribution is 2.56. The van der Waals surface area contributed by atoms with Gasteiger partial charge in [0.15, 0.2) is 0 Å². The summed E-state index contributed by atoms with van der Waals surface area (Å²) in [5.41, 5.74) is 33.2.